The maximum Gasteiger partial charge on any atom is 0.305 e. The molecule has 5 heteroatoms. The van der Waals surface area contributed by atoms with Crippen LogP contribution in [-0.4, -0.2) is 36.4 Å². The molecule has 0 unspecified atom stereocenters. The molecule has 50 heavy (non-hydrogen) atoms. The van der Waals surface area contributed by atoms with Gasteiger partial charge in [0.25, 0.3) is 0 Å². The van der Waals surface area contributed by atoms with E-state index in [0.29, 0.717) is 19.3 Å². The molecule has 0 saturated heterocycles. The predicted molar refractivity (Wildman–Crippen MR) is 214 cm³/mol. The van der Waals surface area contributed by atoms with Crippen molar-refractivity contribution in [1.29, 1.82) is 0 Å². The molecule has 0 aliphatic carbocycles. The zero-order valence-electron chi connectivity index (χ0n) is 31.6. The van der Waals surface area contributed by atoms with Crippen LogP contribution in [0.1, 0.15) is 142 Å². The Labute approximate surface area is 306 Å². The highest BCUT2D eigenvalue weighted by Crippen LogP contribution is 2.07. The third-order valence-corrected chi connectivity index (χ3v) is 7.49. The van der Waals surface area contributed by atoms with E-state index in [1.807, 2.05) is 0 Å². The normalized spacial score (nSPS) is 13.4. The summed E-state index contributed by atoms with van der Waals surface area (Å²) >= 11 is 0. The van der Waals surface area contributed by atoms with Gasteiger partial charge in [-0.2, -0.15) is 0 Å². The van der Waals surface area contributed by atoms with Crippen LogP contribution in [-0.2, 0) is 19.1 Å². The number of carbonyl (C=O) groups is 2. The van der Waals surface area contributed by atoms with Gasteiger partial charge in [0.1, 0.15) is 19.3 Å². The molecule has 0 aromatic heterocycles. The molecule has 0 bridgehead atoms. The van der Waals surface area contributed by atoms with Gasteiger partial charge < -0.3 is 14.6 Å². The monoisotopic (exact) mass is 691 g/mol. The molecule has 0 aliphatic heterocycles. The van der Waals surface area contributed by atoms with Crippen LogP contribution in [0.5, 0.6) is 0 Å². The third-order valence-electron chi connectivity index (χ3n) is 7.49. The lowest BCUT2D eigenvalue weighted by Crippen LogP contribution is -2.25. The van der Waals surface area contributed by atoms with E-state index in [1.165, 1.54) is 25.7 Å². The Morgan fingerprint density at radius 2 is 0.780 bits per heavy atom. The maximum absolute atomic E-state index is 12.0. The highest BCUT2D eigenvalue weighted by atomic mass is 16.6. The van der Waals surface area contributed by atoms with E-state index >= 15 is 0 Å². The molecule has 0 rings (SSSR count). The summed E-state index contributed by atoms with van der Waals surface area (Å²) in [5.41, 5.74) is 0. The number of esters is 2. The van der Waals surface area contributed by atoms with Gasteiger partial charge in [-0.3, -0.25) is 9.59 Å². The van der Waals surface area contributed by atoms with Crippen molar-refractivity contribution in [2.75, 3.05) is 13.2 Å². The first-order valence-corrected chi connectivity index (χ1v) is 19.4. The summed E-state index contributed by atoms with van der Waals surface area (Å²) in [7, 11) is 0. The van der Waals surface area contributed by atoms with E-state index in [2.05, 4.69) is 123 Å². The predicted octanol–water partition coefficient (Wildman–Crippen LogP) is 12.3. The van der Waals surface area contributed by atoms with E-state index in [0.717, 1.165) is 83.5 Å². The Hall–Kier alpha value is -3.44. The van der Waals surface area contributed by atoms with Gasteiger partial charge in [-0.1, -0.05) is 142 Å². The molecule has 0 amide bonds. The Morgan fingerprint density at radius 3 is 1.18 bits per heavy atom. The van der Waals surface area contributed by atoms with E-state index < -0.39 is 6.10 Å². The van der Waals surface area contributed by atoms with Crippen molar-refractivity contribution in [1.82, 2.24) is 0 Å². The van der Waals surface area contributed by atoms with Crippen LogP contribution in [0.3, 0.4) is 0 Å². The number of ether oxygens (including phenoxy) is 2. The van der Waals surface area contributed by atoms with E-state index in [1.54, 1.807) is 0 Å². The molecule has 280 valence electrons. The van der Waals surface area contributed by atoms with Gasteiger partial charge in [0.15, 0.2) is 0 Å². The lowest BCUT2D eigenvalue weighted by atomic mass is 10.1. The van der Waals surface area contributed by atoms with Crippen molar-refractivity contribution in [3.8, 4) is 0 Å². The smallest absolute Gasteiger partial charge is 0.305 e. The van der Waals surface area contributed by atoms with Crippen LogP contribution in [0.4, 0.5) is 0 Å². The standard InChI is InChI=1S/C45H70O5/c1-3-5-7-9-11-13-15-17-19-21-22-24-26-28-30-32-34-36-38-40-45(48)50-42-43(46)41-49-44(47)39-37-35-33-31-29-27-25-23-20-18-16-14-12-10-8-6-4-2/h5,7,11-14,17-20,22,24-25,27-28,30-31,33,43,46H,3-4,6,8-10,15-16,21,23,26,29,32,34-42H2,1-2H3/b7-5-,13-11-,14-12-,19-17-,20-18-,24-22-,27-25-,30-28-,33-31-/t43-/m1/s1. The van der Waals surface area contributed by atoms with Gasteiger partial charge in [-0.25, -0.2) is 0 Å². The second kappa shape index (κ2) is 40.0. The average Bonchev–Trinajstić information content (AvgIpc) is 3.12. The lowest BCUT2D eigenvalue weighted by molar-refractivity contribution is -0.152. The number of rotatable bonds is 33. The second-order valence-electron chi connectivity index (χ2n) is 12.3. The molecular formula is C45H70O5. The SMILES string of the molecule is CC/C=C\C/C=C\C/C=C\C/C=C\C/C=C\CCCCCC(=O)OC[C@H](O)COC(=O)CCC/C=C\C/C=C\C/C=C\C/C=C\CCCCC. The molecule has 0 radical (unpaired) electrons. The largest absolute Gasteiger partial charge is 0.463 e. The average molecular weight is 691 g/mol. The van der Waals surface area contributed by atoms with Gasteiger partial charge in [-0.15, -0.1) is 0 Å². The summed E-state index contributed by atoms with van der Waals surface area (Å²) in [4.78, 5) is 23.9. The summed E-state index contributed by atoms with van der Waals surface area (Å²) in [5, 5.41) is 10.0. The quantitative estimate of drug-likeness (QED) is 0.0421. The Morgan fingerprint density at radius 1 is 0.440 bits per heavy atom. The number of aliphatic hydroxyl groups is 1. The van der Waals surface area contributed by atoms with E-state index in [4.69, 9.17) is 9.47 Å². The molecule has 0 aromatic rings. The van der Waals surface area contributed by atoms with Crippen molar-refractivity contribution in [3.05, 3.63) is 109 Å². The van der Waals surface area contributed by atoms with Crippen LogP contribution in [0.2, 0.25) is 0 Å². The fourth-order valence-corrected chi connectivity index (χ4v) is 4.57. The minimum absolute atomic E-state index is 0.158. The van der Waals surface area contributed by atoms with Gasteiger partial charge in [0, 0.05) is 12.8 Å². The summed E-state index contributed by atoms with van der Waals surface area (Å²) in [6.07, 6.45) is 57.1. The molecule has 0 spiro atoms. The molecule has 0 heterocycles. The Balaban J connectivity index is 3.65. The number of allylic oxidation sites excluding steroid dienone is 18. The van der Waals surface area contributed by atoms with E-state index in [-0.39, 0.29) is 25.2 Å². The zero-order valence-corrected chi connectivity index (χ0v) is 31.6. The Bertz CT molecular complexity index is 1050. The zero-order chi connectivity index (χ0) is 36.4. The summed E-state index contributed by atoms with van der Waals surface area (Å²) in [5.74, 6) is -0.678. The van der Waals surface area contributed by atoms with Crippen molar-refractivity contribution >= 4 is 11.9 Å². The minimum atomic E-state index is -1.01. The minimum Gasteiger partial charge on any atom is -0.463 e. The lowest BCUT2D eigenvalue weighted by Gasteiger charge is -2.12. The van der Waals surface area contributed by atoms with Crippen molar-refractivity contribution in [3.63, 3.8) is 0 Å². The molecular weight excluding hydrogens is 620 g/mol. The second-order valence-corrected chi connectivity index (χ2v) is 12.3. The number of hydrogen-bond acceptors (Lipinski definition) is 5. The summed E-state index contributed by atoms with van der Waals surface area (Å²) < 4.78 is 10.3. The number of aliphatic hydroxyl groups excluding tert-OH is 1. The Kier molecular flexibility index (Phi) is 37.2. The molecule has 1 atom stereocenters. The molecule has 0 fully saturated rings. The molecule has 0 aliphatic rings. The fourth-order valence-electron chi connectivity index (χ4n) is 4.57. The summed E-state index contributed by atoms with van der Waals surface area (Å²) in [6, 6.07) is 0. The molecule has 0 aromatic carbocycles. The van der Waals surface area contributed by atoms with Gasteiger partial charge >= 0.3 is 11.9 Å². The van der Waals surface area contributed by atoms with Gasteiger partial charge in [0.05, 0.1) is 0 Å². The number of unbranched alkanes of at least 4 members (excludes halogenated alkanes) is 7. The molecule has 5 nitrogen and oxygen atoms in total. The molecule has 1 N–H and O–H groups in total. The van der Waals surface area contributed by atoms with Crippen molar-refractivity contribution in [2.45, 2.75) is 148 Å². The highest BCUT2D eigenvalue weighted by molar-refractivity contribution is 5.69. The number of hydrogen-bond donors (Lipinski definition) is 1. The van der Waals surface area contributed by atoms with Crippen molar-refractivity contribution < 1.29 is 24.2 Å². The van der Waals surface area contributed by atoms with E-state index in [9.17, 15) is 14.7 Å². The fraction of sp³-hybridized carbons (Fsp3) is 0.556. The summed E-state index contributed by atoms with van der Waals surface area (Å²) in [6.45, 7) is 4.06. The molecule has 0 saturated carbocycles. The number of carbonyl (C=O) groups excluding carboxylic acids is 2. The maximum atomic E-state index is 12.0. The van der Waals surface area contributed by atoms with Crippen LogP contribution in [0, 0.1) is 0 Å². The first-order valence-electron chi connectivity index (χ1n) is 19.4. The first-order chi connectivity index (χ1) is 24.6. The third kappa shape index (κ3) is 39.0. The van der Waals surface area contributed by atoms with Crippen LogP contribution < -0.4 is 0 Å². The van der Waals surface area contributed by atoms with Gasteiger partial charge in [-0.05, 0) is 96.3 Å². The van der Waals surface area contributed by atoms with Crippen LogP contribution in [0.15, 0.2) is 109 Å². The van der Waals surface area contributed by atoms with Crippen molar-refractivity contribution in [2.24, 2.45) is 0 Å². The van der Waals surface area contributed by atoms with Gasteiger partial charge in [0.2, 0.25) is 0 Å². The van der Waals surface area contributed by atoms with Crippen LogP contribution in [0.25, 0.3) is 0 Å². The first kappa shape index (κ1) is 46.6. The topological polar surface area (TPSA) is 72.8 Å². The highest BCUT2D eigenvalue weighted by Gasteiger charge is 2.11. The van der Waals surface area contributed by atoms with Crippen LogP contribution >= 0.6 is 0 Å².